The van der Waals surface area contributed by atoms with Crippen molar-refractivity contribution in [3.8, 4) is 0 Å². The van der Waals surface area contributed by atoms with Gasteiger partial charge in [0, 0.05) is 30.4 Å². The van der Waals surface area contributed by atoms with Gasteiger partial charge in [-0.2, -0.15) is 13.2 Å². The summed E-state index contributed by atoms with van der Waals surface area (Å²) < 4.78 is 37.6. The Labute approximate surface area is 141 Å². The second-order valence-corrected chi connectivity index (χ2v) is 6.28. The lowest BCUT2D eigenvalue weighted by molar-refractivity contribution is -0.185. The Hall–Kier alpha value is -1.37. The van der Waals surface area contributed by atoms with Gasteiger partial charge in [-0.05, 0) is 36.5 Å². The molecule has 0 N–H and O–H groups in total. The molecule has 0 aliphatic carbocycles. The van der Waals surface area contributed by atoms with Crippen LogP contribution in [0.4, 0.5) is 13.2 Å². The highest BCUT2D eigenvalue weighted by Gasteiger charge is 2.42. The summed E-state index contributed by atoms with van der Waals surface area (Å²) in [4.78, 5) is 24.2. The third-order valence-corrected chi connectivity index (χ3v) is 4.46. The molecule has 1 aliphatic rings. The number of halogens is 4. The third kappa shape index (κ3) is 4.56. The number of Topliss-reactive ketones (excluding diaryl/α,β-unsaturated/α-hetero) is 1. The number of fused-ring (bicyclic) bond motifs is 1. The van der Waals surface area contributed by atoms with Crippen molar-refractivity contribution in [2.75, 3.05) is 18.4 Å². The van der Waals surface area contributed by atoms with Gasteiger partial charge < -0.3 is 4.90 Å². The largest absolute Gasteiger partial charge is 0.471 e. The van der Waals surface area contributed by atoms with Crippen LogP contribution >= 0.6 is 15.9 Å². The molecule has 0 bridgehead atoms. The van der Waals surface area contributed by atoms with Crippen LogP contribution in [0.3, 0.4) is 0 Å². The Kier molecular flexibility index (Phi) is 5.84. The van der Waals surface area contributed by atoms with E-state index >= 15 is 0 Å². The van der Waals surface area contributed by atoms with E-state index in [-0.39, 0.29) is 18.9 Å². The number of amides is 1. The van der Waals surface area contributed by atoms with Gasteiger partial charge in [-0.3, -0.25) is 9.59 Å². The minimum Gasteiger partial charge on any atom is -0.334 e. The molecule has 23 heavy (non-hydrogen) atoms. The summed E-state index contributed by atoms with van der Waals surface area (Å²) in [5.74, 6) is -1.77. The van der Waals surface area contributed by atoms with E-state index in [1.807, 2.05) is 0 Å². The van der Waals surface area contributed by atoms with Crippen LogP contribution in [0.5, 0.6) is 0 Å². The van der Waals surface area contributed by atoms with Gasteiger partial charge in [0.2, 0.25) is 0 Å². The highest BCUT2D eigenvalue weighted by atomic mass is 79.9. The zero-order valence-corrected chi connectivity index (χ0v) is 14.0. The van der Waals surface area contributed by atoms with Gasteiger partial charge in [-0.15, -0.1) is 0 Å². The standard InChI is InChI=1S/C16H17BrF3NO2/c17-7-1-2-14(22)13-4-3-11-5-8-21(9-6-12(11)10-13)15(23)16(18,19)20/h3-4,10H,1-2,5-9H2. The predicted molar refractivity (Wildman–Crippen MR) is 83.8 cm³/mol. The molecule has 3 nitrogen and oxygen atoms in total. The van der Waals surface area contributed by atoms with Crippen LogP contribution in [-0.4, -0.2) is 41.2 Å². The summed E-state index contributed by atoms with van der Waals surface area (Å²) in [6.07, 6.45) is -2.97. The van der Waals surface area contributed by atoms with E-state index in [2.05, 4.69) is 15.9 Å². The highest BCUT2D eigenvalue weighted by molar-refractivity contribution is 9.09. The van der Waals surface area contributed by atoms with Crippen LogP contribution in [0, 0.1) is 0 Å². The fourth-order valence-corrected chi connectivity index (χ4v) is 2.93. The van der Waals surface area contributed by atoms with Crippen LogP contribution in [0.25, 0.3) is 0 Å². The topological polar surface area (TPSA) is 37.4 Å². The maximum Gasteiger partial charge on any atom is 0.471 e. The van der Waals surface area contributed by atoms with E-state index in [9.17, 15) is 22.8 Å². The quantitative estimate of drug-likeness (QED) is 0.581. The van der Waals surface area contributed by atoms with Crippen molar-refractivity contribution in [2.45, 2.75) is 31.9 Å². The van der Waals surface area contributed by atoms with Gasteiger partial charge >= 0.3 is 12.1 Å². The minimum absolute atomic E-state index is 0.0182. The molecule has 0 fully saturated rings. The van der Waals surface area contributed by atoms with Crippen molar-refractivity contribution in [1.29, 1.82) is 0 Å². The molecule has 1 amide bonds. The number of carbonyl (C=O) groups excluding carboxylic acids is 2. The van der Waals surface area contributed by atoms with Crippen LogP contribution in [0.15, 0.2) is 18.2 Å². The number of rotatable bonds is 4. The second kappa shape index (κ2) is 7.47. The van der Waals surface area contributed by atoms with E-state index in [0.717, 1.165) is 27.8 Å². The van der Waals surface area contributed by atoms with Crippen molar-refractivity contribution in [3.05, 3.63) is 34.9 Å². The molecule has 0 atom stereocenters. The van der Waals surface area contributed by atoms with E-state index < -0.39 is 12.1 Å². The normalized spacial score (nSPS) is 15.0. The Morgan fingerprint density at radius 3 is 2.39 bits per heavy atom. The summed E-state index contributed by atoms with van der Waals surface area (Å²) in [5.41, 5.74) is 2.34. The summed E-state index contributed by atoms with van der Waals surface area (Å²) in [6.45, 7) is 0.0621. The molecule has 0 spiro atoms. The zero-order chi connectivity index (χ0) is 17.0. The molecule has 126 valence electrons. The molecule has 0 aromatic heterocycles. The second-order valence-electron chi connectivity index (χ2n) is 5.49. The third-order valence-electron chi connectivity index (χ3n) is 3.90. The van der Waals surface area contributed by atoms with Gasteiger partial charge in [0.1, 0.15) is 0 Å². The first-order valence-electron chi connectivity index (χ1n) is 7.40. The van der Waals surface area contributed by atoms with Gasteiger partial charge in [-0.1, -0.05) is 28.1 Å². The molecule has 0 saturated carbocycles. The Morgan fingerprint density at radius 1 is 1.13 bits per heavy atom. The smallest absolute Gasteiger partial charge is 0.334 e. The molecule has 1 aromatic rings. The van der Waals surface area contributed by atoms with Crippen molar-refractivity contribution < 1.29 is 22.8 Å². The van der Waals surface area contributed by atoms with Crippen LogP contribution < -0.4 is 0 Å². The number of hydrogen-bond donors (Lipinski definition) is 0. The lowest BCUT2D eigenvalue weighted by atomic mass is 9.97. The Balaban J connectivity index is 2.11. The fourth-order valence-electron chi connectivity index (χ4n) is 2.65. The molecule has 2 rings (SSSR count). The lowest BCUT2D eigenvalue weighted by Gasteiger charge is -2.21. The van der Waals surface area contributed by atoms with Gasteiger partial charge in [-0.25, -0.2) is 0 Å². The number of hydrogen-bond acceptors (Lipinski definition) is 2. The molecule has 0 radical (unpaired) electrons. The van der Waals surface area contributed by atoms with Gasteiger partial charge in [0.25, 0.3) is 0 Å². The molecule has 0 unspecified atom stereocenters. The van der Waals surface area contributed by atoms with E-state index in [1.54, 1.807) is 18.2 Å². The van der Waals surface area contributed by atoms with Crippen molar-refractivity contribution >= 4 is 27.6 Å². The van der Waals surface area contributed by atoms with Crippen molar-refractivity contribution in [1.82, 2.24) is 4.90 Å². The number of carbonyl (C=O) groups is 2. The predicted octanol–water partition coefficient (Wildman–Crippen LogP) is 3.53. The van der Waals surface area contributed by atoms with Gasteiger partial charge in [0.15, 0.2) is 5.78 Å². The Bertz CT molecular complexity index is 601. The van der Waals surface area contributed by atoms with E-state index in [1.165, 1.54) is 0 Å². The SMILES string of the molecule is O=C(CCCBr)c1ccc2c(c1)CCN(C(=O)C(F)(F)F)CC2. The Morgan fingerprint density at radius 2 is 1.78 bits per heavy atom. The molecular formula is C16H17BrF3NO2. The number of ketones is 1. The molecule has 7 heteroatoms. The summed E-state index contributed by atoms with van der Waals surface area (Å²) >= 11 is 3.28. The van der Waals surface area contributed by atoms with Crippen LogP contribution in [-0.2, 0) is 17.6 Å². The average molecular weight is 392 g/mol. The summed E-state index contributed by atoms with van der Waals surface area (Å²) in [7, 11) is 0. The molecule has 0 saturated heterocycles. The molecule has 1 aliphatic heterocycles. The van der Waals surface area contributed by atoms with E-state index in [0.29, 0.717) is 24.8 Å². The number of alkyl halides is 4. The monoisotopic (exact) mass is 391 g/mol. The first-order chi connectivity index (χ1) is 10.8. The number of benzene rings is 1. The fraction of sp³-hybridized carbons (Fsp3) is 0.500. The zero-order valence-electron chi connectivity index (χ0n) is 12.5. The minimum atomic E-state index is -4.84. The van der Waals surface area contributed by atoms with Gasteiger partial charge in [0.05, 0.1) is 0 Å². The van der Waals surface area contributed by atoms with E-state index in [4.69, 9.17) is 0 Å². The van der Waals surface area contributed by atoms with Crippen molar-refractivity contribution in [2.24, 2.45) is 0 Å². The maximum atomic E-state index is 12.5. The highest BCUT2D eigenvalue weighted by Crippen LogP contribution is 2.23. The van der Waals surface area contributed by atoms with Crippen molar-refractivity contribution in [3.63, 3.8) is 0 Å². The van der Waals surface area contributed by atoms with Crippen LogP contribution in [0.1, 0.15) is 34.3 Å². The lowest BCUT2D eigenvalue weighted by Crippen LogP contribution is -2.42. The molecular weight excluding hydrogens is 375 g/mol. The van der Waals surface area contributed by atoms with Crippen LogP contribution in [0.2, 0.25) is 0 Å². The summed E-state index contributed by atoms with van der Waals surface area (Å²) in [5, 5.41) is 0.748. The first kappa shape index (κ1) is 18.0. The number of nitrogens with zero attached hydrogens (tertiary/aromatic N) is 1. The first-order valence-corrected chi connectivity index (χ1v) is 8.52. The molecule has 1 heterocycles. The average Bonchev–Trinajstić information content (AvgIpc) is 2.72. The maximum absolute atomic E-state index is 12.5. The molecule has 1 aromatic carbocycles. The summed E-state index contributed by atoms with van der Waals surface area (Å²) in [6, 6.07) is 5.27.